The predicted octanol–water partition coefficient (Wildman–Crippen LogP) is 2.16. The van der Waals surface area contributed by atoms with Gasteiger partial charge in [-0.25, -0.2) is 9.18 Å². The van der Waals surface area contributed by atoms with Crippen LogP contribution in [0.15, 0.2) is 18.2 Å². The maximum Gasteiger partial charge on any atom is 0.342 e. The highest BCUT2D eigenvalue weighted by Gasteiger charge is 2.22. The molecule has 2 rings (SSSR count). The molecule has 0 saturated carbocycles. The van der Waals surface area contributed by atoms with Crippen LogP contribution in [0.25, 0.3) is 0 Å². The molecule has 1 aliphatic heterocycles. The number of piperidine rings is 1. The van der Waals surface area contributed by atoms with Crippen molar-refractivity contribution in [2.24, 2.45) is 5.92 Å². The Balaban J connectivity index is 1.98. The van der Waals surface area contributed by atoms with E-state index in [0.29, 0.717) is 19.0 Å². The number of hydrogen-bond acceptors (Lipinski definition) is 3. The molecule has 21 heavy (non-hydrogen) atoms. The highest BCUT2D eigenvalue weighted by Crippen LogP contribution is 2.22. The van der Waals surface area contributed by atoms with Crippen LogP contribution in [0.3, 0.4) is 0 Å². The molecule has 1 aromatic carbocycles. The standard InChI is InChI=1S/C15H18FNO4/c1-10-5-7-17(8-6-10)13(18)9-21-12-4-2-3-11(16)14(12)15(19)20/h2-4,10H,5-9H2,1H3,(H,19,20). The molecule has 0 radical (unpaired) electrons. The van der Waals surface area contributed by atoms with Crippen molar-refractivity contribution in [3.63, 3.8) is 0 Å². The van der Waals surface area contributed by atoms with Crippen LogP contribution >= 0.6 is 0 Å². The fraction of sp³-hybridized carbons (Fsp3) is 0.467. The van der Waals surface area contributed by atoms with Crippen molar-refractivity contribution < 1.29 is 23.8 Å². The van der Waals surface area contributed by atoms with Gasteiger partial charge >= 0.3 is 5.97 Å². The lowest BCUT2D eigenvalue weighted by Crippen LogP contribution is -2.40. The van der Waals surface area contributed by atoms with Gasteiger partial charge in [0.1, 0.15) is 17.1 Å². The summed E-state index contributed by atoms with van der Waals surface area (Å²) in [7, 11) is 0. The third-order valence-electron chi connectivity index (χ3n) is 3.68. The zero-order valence-electron chi connectivity index (χ0n) is 11.8. The number of carboxylic acid groups (broad SMARTS) is 1. The van der Waals surface area contributed by atoms with Gasteiger partial charge in [0.2, 0.25) is 0 Å². The van der Waals surface area contributed by atoms with Crippen LogP contribution in [-0.4, -0.2) is 41.6 Å². The average molecular weight is 295 g/mol. The van der Waals surface area contributed by atoms with Crippen LogP contribution in [0.1, 0.15) is 30.1 Å². The molecule has 6 heteroatoms. The van der Waals surface area contributed by atoms with Gasteiger partial charge < -0.3 is 14.7 Å². The average Bonchev–Trinajstić information content (AvgIpc) is 2.45. The number of aromatic carboxylic acids is 1. The van der Waals surface area contributed by atoms with E-state index < -0.39 is 17.3 Å². The summed E-state index contributed by atoms with van der Waals surface area (Å²) in [6, 6.07) is 3.74. The zero-order valence-corrected chi connectivity index (χ0v) is 11.8. The Morgan fingerprint density at radius 3 is 2.67 bits per heavy atom. The number of ether oxygens (including phenoxy) is 1. The van der Waals surface area contributed by atoms with Crippen molar-refractivity contribution >= 4 is 11.9 Å². The molecular weight excluding hydrogens is 277 g/mol. The number of benzene rings is 1. The Hall–Kier alpha value is -2.11. The number of hydrogen-bond donors (Lipinski definition) is 1. The molecule has 1 heterocycles. The lowest BCUT2D eigenvalue weighted by molar-refractivity contribution is -0.134. The van der Waals surface area contributed by atoms with E-state index in [1.807, 2.05) is 0 Å². The van der Waals surface area contributed by atoms with Crippen LogP contribution in [0.4, 0.5) is 4.39 Å². The topological polar surface area (TPSA) is 66.8 Å². The Kier molecular flexibility index (Phi) is 4.77. The summed E-state index contributed by atoms with van der Waals surface area (Å²) in [4.78, 5) is 24.7. The number of amides is 1. The van der Waals surface area contributed by atoms with Crippen molar-refractivity contribution in [1.29, 1.82) is 0 Å². The van der Waals surface area contributed by atoms with Crippen LogP contribution < -0.4 is 4.74 Å². The summed E-state index contributed by atoms with van der Waals surface area (Å²) in [5.41, 5.74) is -0.544. The molecule has 0 spiro atoms. The summed E-state index contributed by atoms with van der Waals surface area (Å²) in [6.07, 6.45) is 1.90. The van der Waals surface area contributed by atoms with Gasteiger partial charge in [-0.1, -0.05) is 13.0 Å². The number of carbonyl (C=O) groups excluding carboxylic acids is 1. The molecule has 5 nitrogen and oxygen atoms in total. The molecule has 1 aromatic rings. The van der Waals surface area contributed by atoms with E-state index in [1.165, 1.54) is 12.1 Å². The first-order valence-electron chi connectivity index (χ1n) is 6.91. The van der Waals surface area contributed by atoms with Crippen molar-refractivity contribution in [3.05, 3.63) is 29.6 Å². The molecule has 0 aliphatic carbocycles. The molecule has 1 N–H and O–H groups in total. The number of nitrogens with zero attached hydrogens (tertiary/aromatic N) is 1. The second-order valence-electron chi connectivity index (χ2n) is 5.27. The van der Waals surface area contributed by atoms with Gasteiger partial charge in [0, 0.05) is 13.1 Å². The van der Waals surface area contributed by atoms with Gasteiger partial charge in [-0.05, 0) is 30.9 Å². The van der Waals surface area contributed by atoms with Crippen LogP contribution in [0.5, 0.6) is 5.75 Å². The van der Waals surface area contributed by atoms with Gasteiger partial charge in [-0.2, -0.15) is 0 Å². The van der Waals surface area contributed by atoms with Crippen molar-refractivity contribution in [3.8, 4) is 5.75 Å². The first kappa shape index (κ1) is 15.3. The van der Waals surface area contributed by atoms with Gasteiger partial charge in [-0.15, -0.1) is 0 Å². The minimum absolute atomic E-state index is 0.124. The number of halogens is 1. The quantitative estimate of drug-likeness (QED) is 0.924. The van der Waals surface area contributed by atoms with Crippen molar-refractivity contribution in [2.45, 2.75) is 19.8 Å². The lowest BCUT2D eigenvalue weighted by Gasteiger charge is -2.30. The molecule has 0 unspecified atom stereocenters. The molecule has 114 valence electrons. The molecule has 1 aliphatic rings. The Morgan fingerprint density at radius 2 is 2.05 bits per heavy atom. The van der Waals surface area contributed by atoms with E-state index in [0.717, 1.165) is 18.9 Å². The number of carboxylic acids is 1. The van der Waals surface area contributed by atoms with Gasteiger partial charge in [-0.3, -0.25) is 4.79 Å². The van der Waals surface area contributed by atoms with E-state index in [4.69, 9.17) is 9.84 Å². The minimum Gasteiger partial charge on any atom is -0.483 e. The Morgan fingerprint density at radius 1 is 1.38 bits per heavy atom. The van der Waals surface area contributed by atoms with E-state index in [1.54, 1.807) is 4.90 Å². The lowest BCUT2D eigenvalue weighted by atomic mass is 9.99. The molecular formula is C15H18FNO4. The van der Waals surface area contributed by atoms with E-state index in [2.05, 4.69) is 6.92 Å². The van der Waals surface area contributed by atoms with E-state index >= 15 is 0 Å². The minimum atomic E-state index is -1.41. The summed E-state index contributed by atoms with van der Waals surface area (Å²) in [5.74, 6) is -2.01. The summed E-state index contributed by atoms with van der Waals surface area (Å²) in [6.45, 7) is 3.22. The maximum atomic E-state index is 13.5. The van der Waals surface area contributed by atoms with E-state index in [-0.39, 0.29) is 18.3 Å². The third kappa shape index (κ3) is 3.71. The van der Waals surface area contributed by atoms with E-state index in [9.17, 15) is 14.0 Å². The van der Waals surface area contributed by atoms with Crippen molar-refractivity contribution in [1.82, 2.24) is 4.90 Å². The molecule has 0 bridgehead atoms. The molecule has 1 amide bonds. The summed E-state index contributed by atoms with van der Waals surface area (Å²) >= 11 is 0. The smallest absolute Gasteiger partial charge is 0.342 e. The first-order valence-corrected chi connectivity index (χ1v) is 6.91. The Labute approximate surface area is 122 Å². The normalized spacial score (nSPS) is 15.8. The molecule has 0 atom stereocenters. The second-order valence-corrected chi connectivity index (χ2v) is 5.27. The maximum absolute atomic E-state index is 13.5. The molecule has 0 aromatic heterocycles. The fourth-order valence-electron chi connectivity index (χ4n) is 2.32. The second kappa shape index (κ2) is 6.56. The largest absolute Gasteiger partial charge is 0.483 e. The van der Waals surface area contributed by atoms with Crippen LogP contribution in [0, 0.1) is 11.7 Å². The van der Waals surface area contributed by atoms with Gasteiger partial charge in [0.25, 0.3) is 5.91 Å². The monoisotopic (exact) mass is 295 g/mol. The summed E-state index contributed by atoms with van der Waals surface area (Å²) in [5, 5.41) is 8.97. The Bertz CT molecular complexity index is 538. The number of rotatable bonds is 4. The number of likely N-dealkylation sites (tertiary alicyclic amines) is 1. The summed E-state index contributed by atoms with van der Waals surface area (Å²) < 4.78 is 18.7. The van der Waals surface area contributed by atoms with Crippen LogP contribution in [0.2, 0.25) is 0 Å². The predicted molar refractivity (Wildman–Crippen MR) is 73.8 cm³/mol. The highest BCUT2D eigenvalue weighted by molar-refractivity contribution is 5.91. The molecule has 1 saturated heterocycles. The highest BCUT2D eigenvalue weighted by atomic mass is 19.1. The van der Waals surface area contributed by atoms with Gasteiger partial charge in [0.15, 0.2) is 6.61 Å². The fourth-order valence-corrected chi connectivity index (χ4v) is 2.32. The van der Waals surface area contributed by atoms with Crippen LogP contribution in [-0.2, 0) is 4.79 Å². The SMILES string of the molecule is CC1CCN(C(=O)COc2cccc(F)c2C(=O)O)CC1. The number of carbonyl (C=O) groups is 2. The van der Waals surface area contributed by atoms with Gasteiger partial charge in [0.05, 0.1) is 0 Å². The first-order chi connectivity index (χ1) is 9.99. The zero-order chi connectivity index (χ0) is 15.4. The third-order valence-corrected chi connectivity index (χ3v) is 3.68. The van der Waals surface area contributed by atoms with Crippen molar-refractivity contribution in [2.75, 3.05) is 19.7 Å². The molecule has 1 fully saturated rings.